The number of alkyl halides is 1. The second-order valence-electron chi connectivity index (χ2n) is 7.86. The molecule has 0 unspecified atom stereocenters. The van der Waals surface area contributed by atoms with Gasteiger partial charge in [-0.2, -0.15) is 0 Å². The standard InChI is InChI=1S/C26H25Cl2N5O3/c1-35-22-13-20-21(14-23(22)36-11-4-2-3-10-27)30-16-31-25(20)32-19-8-9-24(29-15-19)33-26(34)17-6-5-7-18(28)12-17/h5-9,12-16H,2-4,10-11H2,1H3,(H,29,33,34)(H,30,31,32). The van der Waals surface area contributed by atoms with E-state index >= 15 is 0 Å². The maximum absolute atomic E-state index is 12.4. The van der Waals surface area contributed by atoms with Gasteiger partial charge in [0.05, 0.1) is 31.1 Å². The minimum absolute atomic E-state index is 0.295. The summed E-state index contributed by atoms with van der Waals surface area (Å²) in [7, 11) is 1.60. The molecule has 0 saturated carbocycles. The zero-order valence-corrected chi connectivity index (χ0v) is 21.1. The van der Waals surface area contributed by atoms with E-state index in [-0.39, 0.29) is 5.91 Å². The van der Waals surface area contributed by atoms with E-state index in [4.69, 9.17) is 32.7 Å². The third kappa shape index (κ3) is 6.53. The molecule has 2 aromatic heterocycles. The number of anilines is 3. The van der Waals surface area contributed by atoms with Crippen molar-refractivity contribution in [2.75, 3.05) is 30.2 Å². The van der Waals surface area contributed by atoms with Crippen molar-refractivity contribution < 1.29 is 14.3 Å². The molecule has 2 aromatic carbocycles. The number of ether oxygens (including phenoxy) is 2. The second kappa shape index (κ2) is 12.4. The highest BCUT2D eigenvalue weighted by Crippen LogP contribution is 2.35. The molecule has 10 heteroatoms. The molecule has 8 nitrogen and oxygen atoms in total. The minimum atomic E-state index is -0.295. The lowest BCUT2D eigenvalue weighted by Gasteiger charge is -2.14. The maximum Gasteiger partial charge on any atom is 0.256 e. The molecule has 0 bridgehead atoms. The Bertz CT molecular complexity index is 1340. The first-order valence-electron chi connectivity index (χ1n) is 11.4. The Morgan fingerprint density at radius 2 is 1.89 bits per heavy atom. The number of pyridine rings is 1. The zero-order chi connectivity index (χ0) is 25.3. The summed E-state index contributed by atoms with van der Waals surface area (Å²) in [5.41, 5.74) is 1.85. The topological polar surface area (TPSA) is 98.3 Å². The first-order valence-corrected chi connectivity index (χ1v) is 12.3. The van der Waals surface area contributed by atoms with E-state index in [0.717, 1.165) is 24.6 Å². The monoisotopic (exact) mass is 525 g/mol. The third-order valence-corrected chi connectivity index (χ3v) is 5.81. The van der Waals surface area contributed by atoms with Gasteiger partial charge in [0, 0.05) is 27.9 Å². The molecule has 1 amide bonds. The highest BCUT2D eigenvalue weighted by atomic mass is 35.5. The lowest BCUT2D eigenvalue weighted by atomic mass is 10.2. The number of aromatic nitrogens is 3. The van der Waals surface area contributed by atoms with Crippen molar-refractivity contribution in [2.24, 2.45) is 0 Å². The molecule has 4 rings (SSSR count). The van der Waals surface area contributed by atoms with Crippen LogP contribution >= 0.6 is 23.2 Å². The fourth-order valence-electron chi connectivity index (χ4n) is 3.49. The second-order valence-corrected chi connectivity index (χ2v) is 8.68. The van der Waals surface area contributed by atoms with Crippen molar-refractivity contribution in [3.8, 4) is 11.5 Å². The predicted octanol–water partition coefficient (Wildman–Crippen LogP) is 6.47. The van der Waals surface area contributed by atoms with Gasteiger partial charge in [0.15, 0.2) is 11.5 Å². The van der Waals surface area contributed by atoms with Crippen molar-refractivity contribution >= 4 is 57.3 Å². The number of hydrogen-bond acceptors (Lipinski definition) is 7. The summed E-state index contributed by atoms with van der Waals surface area (Å²) < 4.78 is 11.5. The van der Waals surface area contributed by atoms with Gasteiger partial charge in [-0.05, 0) is 55.7 Å². The molecule has 2 N–H and O–H groups in total. The number of unbranched alkanes of at least 4 members (excludes halogenated alkanes) is 2. The van der Waals surface area contributed by atoms with Crippen LogP contribution in [0.2, 0.25) is 5.02 Å². The largest absolute Gasteiger partial charge is 0.493 e. The Morgan fingerprint density at radius 3 is 2.64 bits per heavy atom. The van der Waals surface area contributed by atoms with E-state index in [0.29, 0.717) is 57.4 Å². The van der Waals surface area contributed by atoms with E-state index < -0.39 is 0 Å². The normalized spacial score (nSPS) is 10.8. The fraction of sp³-hybridized carbons (Fsp3) is 0.231. The SMILES string of the molecule is COc1cc2c(Nc3ccc(NC(=O)c4cccc(Cl)c4)nc3)ncnc2cc1OCCCCCCl. The average Bonchev–Trinajstić information content (AvgIpc) is 2.89. The summed E-state index contributed by atoms with van der Waals surface area (Å²) in [6, 6.07) is 13.9. The summed E-state index contributed by atoms with van der Waals surface area (Å²) in [5, 5.41) is 7.26. The molecule has 2 heterocycles. The number of nitrogens with one attached hydrogen (secondary N) is 2. The summed E-state index contributed by atoms with van der Waals surface area (Å²) >= 11 is 11.7. The van der Waals surface area contributed by atoms with E-state index in [1.807, 2.05) is 12.1 Å². The van der Waals surface area contributed by atoms with E-state index in [9.17, 15) is 4.79 Å². The minimum Gasteiger partial charge on any atom is -0.493 e. The fourth-order valence-corrected chi connectivity index (χ4v) is 3.87. The first-order chi connectivity index (χ1) is 17.6. The van der Waals surface area contributed by atoms with E-state index in [1.165, 1.54) is 6.33 Å². The van der Waals surface area contributed by atoms with Gasteiger partial charge < -0.3 is 20.1 Å². The van der Waals surface area contributed by atoms with Crippen LogP contribution in [-0.4, -0.2) is 40.5 Å². The Labute approximate surface area is 219 Å². The maximum atomic E-state index is 12.4. The Kier molecular flexibility index (Phi) is 8.76. The summed E-state index contributed by atoms with van der Waals surface area (Å²) in [5.74, 6) is 2.58. The smallest absolute Gasteiger partial charge is 0.256 e. The van der Waals surface area contributed by atoms with Crippen LogP contribution in [0, 0.1) is 0 Å². The molecule has 0 aliphatic rings. The van der Waals surface area contributed by atoms with E-state index in [2.05, 4.69) is 25.6 Å². The molecule has 186 valence electrons. The zero-order valence-electron chi connectivity index (χ0n) is 19.6. The van der Waals surface area contributed by atoms with Gasteiger partial charge >= 0.3 is 0 Å². The number of nitrogens with zero attached hydrogens (tertiary/aromatic N) is 3. The molecule has 0 aliphatic carbocycles. The summed E-state index contributed by atoms with van der Waals surface area (Å²) in [4.78, 5) is 25.5. The first kappa shape index (κ1) is 25.5. The van der Waals surface area contributed by atoms with Gasteiger partial charge in [-0.3, -0.25) is 4.79 Å². The molecule has 0 atom stereocenters. The van der Waals surface area contributed by atoms with Crippen LogP contribution in [0.5, 0.6) is 11.5 Å². The van der Waals surface area contributed by atoms with Crippen LogP contribution in [-0.2, 0) is 0 Å². The van der Waals surface area contributed by atoms with Crippen molar-refractivity contribution in [3.05, 3.63) is 71.6 Å². The van der Waals surface area contributed by atoms with Gasteiger partial charge in [-0.15, -0.1) is 11.6 Å². The lowest BCUT2D eigenvalue weighted by molar-refractivity contribution is 0.102. The summed E-state index contributed by atoms with van der Waals surface area (Å²) in [6.07, 6.45) is 5.97. The molecule has 0 aliphatic heterocycles. The molecular formula is C26H25Cl2N5O3. The molecule has 0 fully saturated rings. The predicted molar refractivity (Wildman–Crippen MR) is 143 cm³/mol. The highest BCUT2D eigenvalue weighted by Gasteiger charge is 2.13. The number of benzene rings is 2. The molecular weight excluding hydrogens is 501 g/mol. The third-order valence-electron chi connectivity index (χ3n) is 5.31. The lowest BCUT2D eigenvalue weighted by Crippen LogP contribution is -2.12. The van der Waals surface area contributed by atoms with Crippen LogP contribution < -0.4 is 20.1 Å². The number of hydrogen-bond donors (Lipinski definition) is 2. The quantitative estimate of drug-likeness (QED) is 0.171. The number of carbonyl (C=O) groups is 1. The van der Waals surface area contributed by atoms with Crippen LogP contribution in [0.4, 0.5) is 17.3 Å². The number of rotatable bonds is 11. The molecule has 36 heavy (non-hydrogen) atoms. The van der Waals surface area contributed by atoms with Crippen molar-refractivity contribution in [3.63, 3.8) is 0 Å². The number of methoxy groups -OCH3 is 1. The van der Waals surface area contributed by atoms with Crippen molar-refractivity contribution in [1.29, 1.82) is 0 Å². The van der Waals surface area contributed by atoms with Crippen molar-refractivity contribution in [2.45, 2.75) is 19.3 Å². The Hall–Kier alpha value is -3.62. The van der Waals surface area contributed by atoms with Crippen LogP contribution in [0.1, 0.15) is 29.6 Å². The molecule has 0 saturated heterocycles. The van der Waals surface area contributed by atoms with Crippen molar-refractivity contribution in [1.82, 2.24) is 15.0 Å². The average molecular weight is 526 g/mol. The molecule has 4 aromatic rings. The van der Waals surface area contributed by atoms with Crippen LogP contribution in [0.3, 0.4) is 0 Å². The van der Waals surface area contributed by atoms with Gasteiger partial charge in [0.2, 0.25) is 0 Å². The molecule has 0 spiro atoms. The van der Waals surface area contributed by atoms with Gasteiger partial charge in [0.1, 0.15) is 18.0 Å². The number of halogens is 2. The number of amides is 1. The van der Waals surface area contributed by atoms with Crippen LogP contribution in [0.15, 0.2) is 61.1 Å². The summed E-state index contributed by atoms with van der Waals surface area (Å²) in [6.45, 7) is 0.570. The van der Waals surface area contributed by atoms with Gasteiger partial charge in [0.25, 0.3) is 5.91 Å². The van der Waals surface area contributed by atoms with Gasteiger partial charge in [-0.1, -0.05) is 17.7 Å². The van der Waals surface area contributed by atoms with Crippen LogP contribution in [0.25, 0.3) is 10.9 Å². The molecule has 0 radical (unpaired) electrons. The van der Waals surface area contributed by atoms with Gasteiger partial charge in [-0.25, -0.2) is 15.0 Å². The van der Waals surface area contributed by atoms with E-state index in [1.54, 1.807) is 49.7 Å². The Balaban J connectivity index is 1.47. The Morgan fingerprint density at radius 1 is 1.00 bits per heavy atom. The number of fused-ring (bicyclic) bond motifs is 1. The number of carbonyl (C=O) groups excluding carboxylic acids is 1. The highest BCUT2D eigenvalue weighted by molar-refractivity contribution is 6.31.